The zero-order valence-corrected chi connectivity index (χ0v) is 14.5. The van der Waals surface area contributed by atoms with Crippen molar-refractivity contribution in [2.24, 2.45) is 5.92 Å². The van der Waals surface area contributed by atoms with E-state index in [1.807, 2.05) is 0 Å². The molecule has 0 aromatic carbocycles. The van der Waals surface area contributed by atoms with Crippen LogP contribution in [0.25, 0.3) is 0 Å². The lowest BCUT2D eigenvalue weighted by Crippen LogP contribution is -2.63. The molecule has 0 spiro atoms. The Hall–Kier alpha value is -0.450. The first-order valence-corrected chi connectivity index (χ1v) is 9.32. The van der Waals surface area contributed by atoms with Gasteiger partial charge < -0.3 is 5.32 Å². The molecule has 1 unspecified atom stereocenters. The van der Waals surface area contributed by atoms with Gasteiger partial charge in [-0.1, -0.05) is 19.3 Å². The van der Waals surface area contributed by atoms with E-state index in [0.717, 1.165) is 19.0 Å². The minimum atomic E-state index is 0.225. The van der Waals surface area contributed by atoms with Crippen molar-refractivity contribution in [1.29, 1.82) is 0 Å². The van der Waals surface area contributed by atoms with Crippen LogP contribution >= 0.6 is 11.3 Å². The molecule has 0 bridgehead atoms. The van der Waals surface area contributed by atoms with Gasteiger partial charge in [-0.2, -0.15) is 0 Å². The van der Waals surface area contributed by atoms with Gasteiger partial charge in [0.2, 0.25) is 0 Å². The number of nitrogens with zero attached hydrogens (tertiary/aromatic N) is 2. The third-order valence-corrected chi connectivity index (χ3v) is 6.13. The van der Waals surface area contributed by atoms with Crippen LogP contribution in [0, 0.1) is 12.8 Å². The number of hydrogen-bond donors (Lipinski definition) is 1. The Balaban J connectivity index is 1.66. The number of thiazole rings is 1. The normalized spacial score (nSPS) is 27.9. The van der Waals surface area contributed by atoms with E-state index in [4.69, 9.17) is 0 Å². The van der Waals surface area contributed by atoms with Gasteiger partial charge in [0, 0.05) is 36.6 Å². The summed E-state index contributed by atoms with van der Waals surface area (Å²) < 4.78 is 0. The maximum absolute atomic E-state index is 4.66. The van der Waals surface area contributed by atoms with E-state index < -0.39 is 0 Å². The van der Waals surface area contributed by atoms with E-state index in [0.29, 0.717) is 6.04 Å². The molecular formula is C17H29N3S. The SMILES string of the molecule is Cc1nc(CN2CC(C3CCCCC3)NCC2(C)C)cs1. The van der Waals surface area contributed by atoms with E-state index in [9.17, 15) is 0 Å². The van der Waals surface area contributed by atoms with Gasteiger partial charge in [-0.3, -0.25) is 4.90 Å². The number of piperazine rings is 1. The van der Waals surface area contributed by atoms with Crippen LogP contribution in [0.2, 0.25) is 0 Å². The van der Waals surface area contributed by atoms with Crippen molar-refractivity contribution < 1.29 is 0 Å². The second kappa shape index (κ2) is 6.35. The first-order valence-electron chi connectivity index (χ1n) is 8.44. The Morgan fingerprint density at radius 2 is 2.10 bits per heavy atom. The van der Waals surface area contributed by atoms with Gasteiger partial charge in [0.1, 0.15) is 0 Å². The molecule has 3 rings (SSSR count). The van der Waals surface area contributed by atoms with Crippen LogP contribution in [0.4, 0.5) is 0 Å². The van der Waals surface area contributed by atoms with E-state index in [2.05, 4.69) is 41.4 Å². The molecule has 1 aromatic rings. The van der Waals surface area contributed by atoms with Gasteiger partial charge in [-0.15, -0.1) is 11.3 Å². The molecule has 1 aliphatic heterocycles. The summed E-state index contributed by atoms with van der Waals surface area (Å²) in [6.45, 7) is 10.1. The van der Waals surface area contributed by atoms with Crippen LogP contribution in [0.5, 0.6) is 0 Å². The summed E-state index contributed by atoms with van der Waals surface area (Å²) in [5.74, 6) is 0.884. The molecule has 3 nitrogen and oxygen atoms in total. The van der Waals surface area contributed by atoms with Crippen LogP contribution in [0.1, 0.15) is 56.7 Å². The number of nitrogens with one attached hydrogen (secondary N) is 1. The molecule has 1 saturated heterocycles. The van der Waals surface area contributed by atoms with E-state index in [-0.39, 0.29) is 5.54 Å². The van der Waals surface area contributed by atoms with Gasteiger partial charge >= 0.3 is 0 Å². The summed E-state index contributed by atoms with van der Waals surface area (Å²) in [6, 6.07) is 0.679. The van der Waals surface area contributed by atoms with Gasteiger partial charge in [-0.25, -0.2) is 4.98 Å². The summed E-state index contributed by atoms with van der Waals surface area (Å²) in [4.78, 5) is 7.31. The molecular weight excluding hydrogens is 278 g/mol. The molecule has 4 heteroatoms. The smallest absolute Gasteiger partial charge is 0.0897 e. The molecule has 1 saturated carbocycles. The molecule has 1 aromatic heterocycles. The Bertz CT molecular complexity index is 462. The highest BCUT2D eigenvalue weighted by Crippen LogP contribution is 2.31. The lowest BCUT2D eigenvalue weighted by molar-refractivity contribution is 0.0366. The highest BCUT2D eigenvalue weighted by atomic mass is 32.1. The van der Waals surface area contributed by atoms with Crippen molar-refractivity contribution >= 4 is 11.3 Å². The molecule has 2 heterocycles. The second-order valence-electron chi connectivity index (χ2n) is 7.44. The fourth-order valence-electron chi connectivity index (χ4n) is 3.85. The van der Waals surface area contributed by atoms with E-state index in [1.54, 1.807) is 11.3 Å². The molecule has 21 heavy (non-hydrogen) atoms. The number of aryl methyl sites for hydroxylation is 1. The summed E-state index contributed by atoms with van der Waals surface area (Å²) in [7, 11) is 0. The maximum atomic E-state index is 4.66. The molecule has 0 amide bonds. The van der Waals surface area contributed by atoms with Gasteiger partial charge in [0.15, 0.2) is 0 Å². The fraction of sp³-hybridized carbons (Fsp3) is 0.824. The van der Waals surface area contributed by atoms with Gasteiger partial charge in [0.05, 0.1) is 10.7 Å². The number of hydrogen-bond acceptors (Lipinski definition) is 4. The largest absolute Gasteiger partial charge is 0.311 e. The molecule has 0 radical (unpaired) electrons. The summed E-state index contributed by atoms with van der Waals surface area (Å²) in [5, 5.41) is 7.25. The van der Waals surface area contributed by atoms with Crippen molar-refractivity contribution in [3.05, 3.63) is 16.1 Å². The first-order chi connectivity index (χ1) is 10.0. The van der Waals surface area contributed by atoms with Crippen LogP contribution in [0.3, 0.4) is 0 Å². The molecule has 1 aliphatic carbocycles. The Morgan fingerprint density at radius 3 is 2.76 bits per heavy atom. The molecule has 1 N–H and O–H groups in total. The van der Waals surface area contributed by atoms with Crippen LogP contribution in [-0.4, -0.2) is 34.6 Å². The predicted octanol–water partition coefficient (Wildman–Crippen LogP) is 3.58. The van der Waals surface area contributed by atoms with Crippen molar-refractivity contribution in [2.45, 2.75) is 71.0 Å². The topological polar surface area (TPSA) is 28.2 Å². The zero-order chi connectivity index (χ0) is 14.9. The van der Waals surface area contributed by atoms with Crippen LogP contribution in [-0.2, 0) is 6.54 Å². The predicted molar refractivity (Wildman–Crippen MR) is 89.7 cm³/mol. The van der Waals surface area contributed by atoms with Crippen molar-refractivity contribution in [1.82, 2.24) is 15.2 Å². The van der Waals surface area contributed by atoms with Crippen LogP contribution in [0.15, 0.2) is 5.38 Å². The highest BCUT2D eigenvalue weighted by molar-refractivity contribution is 7.09. The van der Waals surface area contributed by atoms with Crippen molar-refractivity contribution in [3.63, 3.8) is 0 Å². The standard InChI is InChI=1S/C17H29N3S/c1-13-19-15(11-21-13)9-20-10-16(18-12-17(20,2)3)14-7-5-4-6-8-14/h11,14,16,18H,4-10,12H2,1-3H3. The summed E-state index contributed by atoms with van der Waals surface area (Å²) >= 11 is 1.77. The van der Waals surface area contributed by atoms with E-state index in [1.165, 1.54) is 49.4 Å². The highest BCUT2D eigenvalue weighted by Gasteiger charge is 2.37. The quantitative estimate of drug-likeness (QED) is 0.925. The molecule has 2 aliphatic rings. The average Bonchev–Trinajstić information content (AvgIpc) is 2.87. The third-order valence-electron chi connectivity index (χ3n) is 5.31. The van der Waals surface area contributed by atoms with Gasteiger partial charge in [0.25, 0.3) is 0 Å². The summed E-state index contributed by atoms with van der Waals surface area (Å²) in [6.07, 6.45) is 7.13. The Labute approximate surface area is 133 Å². The van der Waals surface area contributed by atoms with E-state index >= 15 is 0 Å². The zero-order valence-electron chi connectivity index (χ0n) is 13.7. The minimum Gasteiger partial charge on any atom is -0.311 e. The number of aromatic nitrogens is 1. The summed E-state index contributed by atoms with van der Waals surface area (Å²) in [5.41, 5.74) is 1.47. The van der Waals surface area contributed by atoms with Crippen molar-refractivity contribution in [3.8, 4) is 0 Å². The Morgan fingerprint density at radius 1 is 1.33 bits per heavy atom. The minimum absolute atomic E-state index is 0.225. The monoisotopic (exact) mass is 307 g/mol. The van der Waals surface area contributed by atoms with Gasteiger partial charge in [-0.05, 0) is 39.5 Å². The fourth-order valence-corrected chi connectivity index (χ4v) is 4.45. The lowest BCUT2D eigenvalue weighted by Gasteiger charge is -2.48. The Kier molecular flexibility index (Phi) is 4.67. The van der Waals surface area contributed by atoms with Crippen molar-refractivity contribution in [2.75, 3.05) is 13.1 Å². The first kappa shape index (κ1) is 15.4. The second-order valence-corrected chi connectivity index (χ2v) is 8.50. The van der Waals surface area contributed by atoms with Crippen LogP contribution < -0.4 is 5.32 Å². The molecule has 1 atom stereocenters. The molecule has 118 valence electrons. The molecule has 2 fully saturated rings. The average molecular weight is 308 g/mol. The number of rotatable bonds is 3. The third kappa shape index (κ3) is 3.66. The lowest BCUT2D eigenvalue weighted by atomic mass is 9.81. The maximum Gasteiger partial charge on any atom is 0.0897 e.